The minimum absolute atomic E-state index is 0.132. The van der Waals surface area contributed by atoms with Gasteiger partial charge < -0.3 is 20.9 Å². The molecule has 166 valence electrons. The largest absolute Gasteiger partial charge is 0.491 e. The first-order valence-electron chi connectivity index (χ1n) is 11.1. The van der Waals surface area contributed by atoms with E-state index in [1.54, 1.807) is 0 Å². The van der Waals surface area contributed by atoms with Crippen molar-refractivity contribution < 1.29 is 9.47 Å². The Balaban J connectivity index is 1.63. The maximum atomic E-state index is 6.73. The molecule has 0 amide bonds. The average Bonchev–Trinajstić information content (AvgIpc) is 2.64. The molecule has 0 bridgehead atoms. The summed E-state index contributed by atoms with van der Waals surface area (Å²) in [6.07, 6.45) is 5.08. The summed E-state index contributed by atoms with van der Waals surface area (Å²) in [5.41, 5.74) is 14.6. The third-order valence-corrected chi connectivity index (χ3v) is 5.89. The van der Waals surface area contributed by atoms with Gasteiger partial charge in [0.2, 0.25) is 0 Å². The van der Waals surface area contributed by atoms with Crippen LogP contribution in [0.2, 0.25) is 0 Å². The van der Waals surface area contributed by atoms with E-state index >= 15 is 0 Å². The zero-order chi connectivity index (χ0) is 21.9. The summed E-state index contributed by atoms with van der Waals surface area (Å²) in [5, 5.41) is 0. The van der Waals surface area contributed by atoms with Crippen LogP contribution in [0, 0.1) is 5.92 Å². The van der Waals surface area contributed by atoms with Crippen molar-refractivity contribution in [3.63, 3.8) is 0 Å². The lowest BCUT2D eigenvalue weighted by Crippen LogP contribution is -2.53. The number of nitrogens with zero attached hydrogens (tertiary/aromatic N) is 2. The van der Waals surface area contributed by atoms with Gasteiger partial charge in [-0.3, -0.25) is 4.90 Å². The molecule has 0 spiro atoms. The Morgan fingerprint density at radius 2 is 1.63 bits per heavy atom. The molecule has 2 aliphatic rings. The number of rotatable bonds is 7. The van der Waals surface area contributed by atoms with Gasteiger partial charge >= 0.3 is 0 Å². The maximum Gasteiger partial charge on any atom is 0.123 e. The van der Waals surface area contributed by atoms with E-state index in [2.05, 4.69) is 22.0 Å². The number of likely N-dealkylation sites (tertiary alicyclic amines) is 1. The summed E-state index contributed by atoms with van der Waals surface area (Å²) >= 11 is 0. The lowest BCUT2D eigenvalue weighted by molar-refractivity contribution is 0.147. The molecule has 0 saturated carbocycles. The normalized spacial score (nSPS) is 23.5. The Bertz CT molecular complexity index is 766. The SMILES string of the molecule is CC1=C(N)N=CC(N)(C2CCN(Cc3cc(OC(C)C)cc(OC(C)C)c3)CC2)C1. The van der Waals surface area contributed by atoms with Crippen LogP contribution in [-0.4, -0.2) is 42.0 Å². The van der Waals surface area contributed by atoms with Gasteiger partial charge in [-0.25, -0.2) is 4.99 Å². The Kier molecular flexibility index (Phi) is 7.09. The fourth-order valence-electron chi connectivity index (χ4n) is 4.43. The number of piperidine rings is 1. The molecule has 1 unspecified atom stereocenters. The van der Waals surface area contributed by atoms with E-state index in [-0.39, 0.29) is 17.7 Å². The molecular weight excluding hydrogens is 376 g/mol. The van der Waals surface area contributed by atoms with E-state index in [0.717, 1.165) is 56.0 Å². The number of nitrogens with two attached hydrogens (primary N) is 2. The molecule has 1 saturated heterocycles. The first-order valence-corrected chi connectivity index (χ1v) is 11.1. The van der Waals surface area contributed by atoms with Crippen LogP contribution in [0.5, 0.6) is 11.5 Å². The lowest BCUT2D eigenvalue weighted by Gasteiger charge is -2.42. The van der Waals surface area contributed by atoms with Gasteiger partial charge in [-0.2, -0.15) is 0 Å². The highest BCUT2D eigenvalue weighted by Crippen LogP contribution is 2.34. The zero-order valence-corrected chi connectivity index (χ0v) is 19.1. The van der Waals surface area contributed by atoms with Crippen molar-refractivity contribution in [1.29, 1.82) is 0 Å². The summed E-state index contributed by atoms with van der Waals surface area (Å²) < 4.78 is 11.9. The highest BCUT2D eigenvalue weighted by atomic mass is 16.5. The first-order chi connectivity index (χ1) is 14.1. The van der Waals surface area contributed by atoms with Gasteiger partial charge in [0, 0.05) is 18.8 Å². The molecule has 0 aliphatic carbocycles. The van der Waals surface area contributed by atoms with Gasteiger partial charge in [0.1, 0.15) is 17.3 Å². The smallest absolute Gasteiger partial charge is 0.123 e. The molecule has 6 heteroatoms. The summed E-state index contributed by atoms with van der Waals surface area (Å²) in [6.45, 7) is 13.1. The Hall–Kier alpha value is -2.05. The van der Waals surface area contributed by atoms with Crippen LogP contribution in [-0.2, 0) is 6.54 Å². The lowest BCUT2D eigenvalue weighted by atomic mass is 9.74. The van der Waals surface area contributed by atoms with E-state index in [0.29, 0.717) is 11.7 Å². The van der Waals surface area contributed by atoms with Gasteiger partial charge in [0.05, 0.1) is 17.7 Å². The van der Waals surface area contributed by atoms with Crippen molar-refractivity contribution in [1.82, 2.24) is 4.90 Å². The Labute approximate surface area is 181 Å². The molecule has 6 nitrogen and oxygen atoms in total. The molecule has 0 aromatic heterocycles. The fraction of sp³-hybridized carbons (Fsp3) is 0.625. The number of benzene rings is 1. The van der Waals surface area contributed by atoms with Gasteiger partial charge in [-0.05, 0) is 96.2 Å². The summed E-state index contributed by atoms with van der Waals surface area (Å²) in [4.78, 5) is 6.85. The minimum atomic E-state index is -0.373. The van der Waals surface area contributed by atoms with Crippen molar-refractivity contribution in [2.75, 3.05) is 13.1 Å². The standard InChI is InChI=1S/C24H38N4O2/c1-16(2)29-21-10-19(11-22(12-21)30-17(3)4)14-28-8-6-20(7-9-28)24(26)13-18(5)23(25)27-15-24/h10-12,15-17,20H,6-9,13-14,25-26H2,1-5H3. The molecule has 2 aliphatic heterocycles. The van der Waals surface area contributed by atoms with Crippen molar-refractivity contribution in [3.05, 3.63) is 35.2 Å². The van der Waals surface area contributed by atoms with E-state index in [4.69, 9.17) is 20.9 Å². The van der Waals surface area contributed by atoms with Crippen LogP contribution in [0.25, 0.3) is 0 Å². The van der Waals surface area contributed by atoms with Crippen LogP contribution in [0.1, 0.15) is 59.4 Å². The van der Waals surface area contributed by atoms with Crippen molar-refractivity contribution in [2.45, 2.75) is 78.2 Å². The second-order valence-electron chi connectivity index (χ2n) is 9.41. The van der Waals surface area contributed by atoms with Crippen molar-refractivity contribution in [3.8, 4) is 11.5 Å². The molecule has 1 fully saturated rings. The second-order valence-corrected chi connectivity index (χ2v) is 9.41. The number of aliphatic imine (C=N–C) groups is 1. The quantitative estimate of drug-likeness (QED) is 0.708. The maximum absolute atomic E-state index is 6.73. The monoisotopic (exact) mass is 414 g/mol. The van der Waals surface area contributed by atoms with Gasteiger partial charge in [0.15, 0.2) is 0 Å². The molecule has 2 heterocycles. The van der Waals surface area contributed by atoms with Gasteiger partial charge in [0.25, 0.3) is 0 Å². The van der Waals surface area contributed by atoms with E-state index < -0.39 is 0 Å². The molecule has 3 rings (SSSR count). The van der Waals surface area contributed by atoms with Gasteiger partial charge in [-0.15, -0.1) is 0 Å². The van der Waals surface area contributed by atoms with Crippen LogP contribution in [0.15, 0.2) is 34.6 Å². The molecule has 1 aromatic rings. The minimum Gasteiger partial charge on any atom is -0.491 e. The molecule has 1 atom stereocenters. The average molecular weight is 415 g/mol. The van der Waals surface area contributed by atoms with E-state index in [1.807, 2.05) is 46.9 Å². The Morgan fingerprint density at radius 1 is 1.07 bits per heavy atom. The third-order valence-electron chi connectivity index (χ3n) is 5.89. The van der Waals surface area contributed by atoms with Crippen molar-refractivity contribution in [2.24, 2.45) is 22.4 Å². The molecule has 30 heavy (non-hydrogen) atoms. The molecule has 1 aromatic carbocycles. The predicted molar refractivity (Wildman–Crippen MR) is 123 cm³/mol. The van der Waals surface area contributed by atoms with E-state index in [1.165, 1.54) is 5.56 Å². The predicted octanol–water partition coefficient (Wildman–Crippen LogP) is 3.84. The molecule has 0 radical (unpaired) electrons. The van der Waals surface area contributed by atoms with Crippen LogP contribution < -0.4 is 20.9 Å². The first kappa shape index (κ1) is 22.6. The molecular formula is C24H38N4O2. The number of hydrogen-bond donors (Lipinski definition) is 2. The van der Waals surface area contributed by atoms with Crippen molar-refractivity contribution >= 4 is 6.21 Å². The van der Waals surface area contributed by atoms with Crippen LogP contribution in [0.3, 0.4) is 0 Å². The summed E-state index contributed by atoms with van der Waals surface area (Å²) in [6, 6.07) is 6.25. The summed E-state index contributed by atoms with van der Waals surface area (Å²) in [7, 11) is 0. The van der Waals surface area contributed by atoms with Crippen LogP contribution in [0.4, 0.5) is 0 Å². The second kappa shape index (κ2) is 9.40. The fourth-order valence-corrected chi connectivity index (χ4v) is 4.43. The highest BCUT2D eigenvalue weighted by Gasteiger charge is 2.37. The highest BCUT2D eigenvalue weighted by molar-refractivity contribution is 5.74. The molecule has 4 N–H and O–H groups in total. The van der Waals surface area contributed by atoms with Crippen LogP contribution >= 0.6 is 0 Å². The number of ether oxygens (including phenoxy) is 2. The Morgan fingerprint density at radius 3 is 2.13 bits per heavy atom. The zero-order valence-electron chi connectivity index (χ0n) is 19.1. The number of hydrogen-bond acceptors (Lipinski definition) is 6. The van der Waals surface area contributed by atoms with E-state index in [9.17, 15) is 0 Å². The summed E-state index contributed by atoms with van der Waals surface area (Å²) in [5.74, 6) is 2.78. The third kappa shape index (κ3) is 5.76. The van der Waals surface area contributed by atoms with Gasteiger partial charge in [-0.1, -0.05) is 0 Å². The topological polar surface area (TPSA) is 86.1 Å².